The van der Waals surface area contributed by atoms with Gasteiger partial charge in [-0.15, -0.1) is 0 Å². The number of halogens is 1. The maximum Gasteiger partial charge on any atom is 0.272 e. The van der Waals surface area contributed by atoms with Gasteiger partial charge in [0, 0.05) is 30.5 Å². The Kier molecular flexibility index (Phi) is 5.13. The van der Waals surface area contributed by atoms with Gasteiger partial charge in [-0.25, -0.2) is 4.68 Å². The number of amides is 1. The molecule has 26 heavy (non-hydrogen) atoms. The highest BCUT2D eigenvalue weighted by Crippen LogP contribution is 2.18. The Morgan fingerprint density at radius 3 is 2.58 bits per heavy atom. The van der Waals surface area contributed by atoms with Crippen LogP contribution in [-0.2, 0) is 19.8 Å². The summed E-state index contributed by atoms with van der Waals surface area (Å²) in [5.74, 6) is -0.223. The molecule has 3 heterocycles. The molecule has 0 aliphatic carbocycles. The summed E-state index contributed by atoms with van der Waals surface area (Å²) >= 11 is 6.16. The molecule has 138 valence electrons. The number of hydrogen-bond donors (Lipinski definition) is 1. The van der Waals surface area contributed by atoms with Gasteiger partial charge in [-0.1, -0.05) is 11.6 Å². The lowest BCUT2D eigenvalue weighted by Crippen LogP contribution is -2.24. The van der Waals surface area contributed by atoms with Crippen molar-refractivity contribution in [2.24, 2.45) is 0 Å². The number of hydrogen-bond acceptors (Lipinski definition) is 4. The van der Waals surface area contributed by atoms with Crippen molar-refractivity contribution < 1.29 is 4.79 Å². The SMILES string of the molecule is CCn1ncc(CNC(=O)c2ccn(Cn3nc(C)c(Cl)c3C)n2)c1C. The molecule has 0 atom stereocenters. The first-order valence-electron chi connectivity index (χ1n) is 8.43. The van der Waals surface area contributed by atoms with Crippen molar-refractivity contribution >= 4 is 17.5 Å². The lowest BCUT2D eigenvalue weighted by Gasteiger charge is -2.05. The third-order valence-electron chi connectivity index (χ3n) is 4.39. The minimum Gasteiger partial charge on any atom is -0.346 e. The van der Waals surface area contributed by atoms with Crippen LogP contribution in [0.25, 0.3) is 0 Å². The predicted molar refractivity (Wildman–Crippen MR) is 98.1 cm³/mol. The van der Waals surface area contributed by atoms with E-state index in [-0.39, 0.29) is 5.91 Å². The number of carbonyl (C=O) groups is 1. The Labute approximate surface area is 156 Å². The second-order valence-corrected chi connectivity index (χ2v) is 6.50. The van der Waals surface area contributed by atoms with E-state index in [1.54, 1.807) is 27.8 Å². The van der Waals surface area contributed by atoms with Gasteiger partial charge in [0.05, 0.1) is 22.6 Å². The average Bonchev–Trinajstić information content (AvgIpc) is 3.29. The summed E-state index contributed by atoms with van der Waals surface area (Å²) in [6, 6.07) is 1.69. The minimum absolute atomic E-state index is 0.223. The number of nitrogens with one attached hydrogen (secondary N) is 1. The second-order valence-electron chi connectivity index (χ2n) is 6.12. The van der Waals surface area contributed by atoms with Gasteiger partial charge < -0.3 is 5.32 Å². The molecule has 0 saturated heterocycles. The number of carbonyl (C=O) groups excluding carboxylic acids is 1. The highest BCUT2D eigenvalue weighted by molar-refractivity contribution is 6.31. The Balaban J connectivity index is 1.64. The lowest BCUT2D eigenvalue weighted by molar-refractivity contribution is 0.0945. The highest BCUT2D eigenvalue weighted by Gasteiger charge is 2.13. The molecule has 9 heteroatoms. The Morgan fingerprint density at radius 2 is 1.96 bits per heavy atom. The van der Waals surface area contributed by atoms with Crippen molar-refractivity contribution in [2.45, 2.75) is 47.5 Å². The summed E-state index contributed by atoms with van der Waals surface area (Å²) in [6.07, 6.45) is 3.53. The summed E-state index contributed by atoms with van der Waals surface area (Å²) < 4.78 is 5.32. The monoisotopic (exact) mass is 375 g/mol. The molecule has 0 radical (unpaired) electrons. The normalized spacial score (nSPS) is 11.1. The van der Waals surface area contributed by atoms with Gasteiger partial charge in [-0.05, 0) is 33.8 Å². The molecular weight excluding hydrogens is 354 g/mol. The zero-order valence-corrected chi connectivity index (χ0v) is 16.1. The smallest absolute Gasteiger partial charge is 0.272 e. The van der Waals surface area contributed by atoms with Crippen LogP contribution in [0.4, 0.5) is 0 Å². The van der Waals surface area contributed by atoms with Crippen molar-refractivity contribution in [2.75, 3.05) is 0 Å². The van der Waals surface area contributed by atoms with Gasteiger partial charge in [-0.2, -0.15) is 15.3 Å². The molecule has 0 saturated carbocycles. The van der Waals surface area contributed by atoms with Gasteiger partial charge in [0.25, 0.3) is 5.91 Å². The van der Waals surface area contributed by atoms with Crippen LogP contribution in [0.3, 0.4) is 0 Å². The van der Waals surface area contributed by atoms with E-state index in [0.29, 0.717) is 23.9 Å². The van der Waals surface area contributed by atoms with E-state index in [2.05, 4.69) is 20.6 Å². The van der Waals surface area contributed by atoms with E-state index < -0.39 is 0 Å². The van der Waals surface area contributed by atoms with E-state index in [0.717, 1.165) is 29.2 Å². The highest BCUT2D eigenvalue weighted by atomic mass is 35.5. The molecule has 1 amide bonds. The Bertz CT molecular complexity index is 937. The van der Waals surface area contributed by atoms with Gasteiger partial charge in [0.1, 0.15) is 12.4 Å². The summed E-state index contributed by atoms with van der Waals surface area (Å²) in [4.78, 5) is 12.3. The van der Waals surface area contributed by atoms with Crippen LogP contribution in [0.2, 0.25) is 5.02 Å². The van der Waals surface area contributed by atoms with Gasteiger partial charge >= 0.3 is 0 Å². The topological polar surface area (TPSA) is 82.6 Å². The molecule has 3 rings (SSSR count). The predicted octanol–water partition coefficient (Wildman–Crippen LogP) is 2.31. The molecule has 0 aliphatic heterocycles. The fraction of sp³-hybridized carbons (Fsp3) is 0.412. The maximum atomic E-state index is 12.3. The number of aryl methyl sites for hydroxylation is 2. The molecule has 0 fully saturated rings. The van der Waals surface area contributed by atoms with Crippen LogP contribution in [0.1, 0.15) is 40.1 Å². The van der Waals surface area contributed by atoms with E-state index in [9.17, 15) is 4.79 Å². The first-order valence-corrected chi connectivity index (χ1v) is 8.81. The standard InChI is InChI=1S/C17H22ClN7O/c1-5-24-12(3)14(9-20-24)8-19-17(26)15-6-7-23(22-15)10-25-13(4)16(18)11(2)21-25/h6-7,9H,5,8,10H2,1-4H3,(H,19,26). The third kappa shape index (κ3) is 3.50. The molecule has 0 bridgehead atoms. The minimum atomic E-state index is -0.223. The van der Waals surface area contributed by atoms with Crippen LogP contribution in [0.15, 0.2) is 18.5 Å². The van der Waals surface area contributed by atoms with Crippen molar-refractivity contribution in [3.05, 3.63) is 51.8 Å². The summed E-state index contributed by atoms with van der Waals surface area (Å²) in [7, 11) is 0. The molecule has 3 aromatic heterocycles. The molecular formula is C17H22ClN7O. The molecule has 0 spiro atoms. The quantitative estimate of drug-likeness (QED) is 0.716. The summed E-state index contributed by atoms with van der Waals surface area (Å²) in [5.41, 5.74) is 4.06. The maximum absolute atomic E-state index is 12.3. The largest absolute Gasteiger partial charge is 0.346 e. The molecule has 0 aromatic carbocycles. The Morgan fingerprint density at radius 1 is 1.19 bits per heavy atom. The van der Waals surface area contributed by atoms with Crippen molar-refractivity contribution in [3.8, 4) is 0 Å². The second kappa shape index (κ2) is 7.33. The number of aromatic nitrogens is 6. The fourth-order valence-corrected chi connectivity index (χ4v) is 2.89. The van der Waals surface area contributed by atoms with Crippen molar-refractivity contribution in [1.82, 2.24) is 34.7 Å². The fourth-order valence-electron chi connectivity index (χ4n) is 2.76. The molecule has 8 nitrogen and oxygen atoms in total. The van der Waals surface area contributed by atoms with E-state index in [1.807, 2.05) is 32.4 Å². The van der Waals surface area contributed by atoms with Gasteiger partial charge in [0.2, 0.25) is 0 Å². The first-order chi connectivity index (χ1) is 12.4. The molecule has 0 aliphatic rings. The van der Waals surface area contributed by atoms with E-state index >= 15 is 0 Å². The zero-order valence-electron chi connectivity index (χ0n) is 15.3. The lowest BCUT2D eigenvalue weighted by atomic mass is 10.2. The van der Waals surface area contributed by atoms with E-state index in [1.165, 1.54) is 0 Å². The van der Waals surface area contributed by atoms with Crippen LogP contribution in [0.5, 0.6) is 0 Å². The van der Waals surface area contributed by atoms with Crippen molar-refractivity contribution in [3.63, 3.8) is 0 Å². The average molecular weight is 376 g/mol. The first kappa shape index (κ1) is 18.2. The number of nitrogens with zero attached hydrogens (tertiary/aromatic N) is 6. The van der Waals surface area contributed by atoms with Crippen molar-refractivity contribution in [1.29, 1.82) is 0 Å². The Hall–Kier alpha value is -2.61. The summed E-state index contributed by atoms with van der Waals surface area (Å²) in [5, 5.41) is 16.5. The summed E-state index contributed by atoms with van der Waals surface area (Å²) in [6.45, 7) is 9.41. The van der Waals surface area contributed by atoms with Crippen LogP contribution >= 0.6 is 11.6 Å². The van der Waals surface area contributed by atoms with Gasteiger partial charge in [-0.3, -0.25) is 14.2 Å². The number of rotatable bonds is 6. The van der Waals surface area contributed by atoms with Crippen LogP contribution < -0.4 is 5.32 Å². The van der Waals surface area contributed by atoms with Crippen LogP contribution in [-0.4, -0.2) is 35.2 Å². The molecule has 0 unspecified atom stereocenters. The van der Waals surface area contributed by atoms with E-state index in [4.69, 9.17) is 11.6 Å². The van der Waals surface area contributed by atoms with Crippen LogP contribution in [0, 0.1) is 20.8 Å². The molecule has 3 aromatic rings. The molecule has 1 N–H and O–H groups in total. The third-order valence-corrected chi connectivity index (χ3v) is 4.94. The van der Waals surface area contributed by atoms with Gasteiger partial charge in [0.15, 0.2) is 0 Å². The zero-order chi connectivity index (χ0) is 18.8.